The molecule has 0 saturated heterocycles. The molecule has 0 aliphatic rings. The second-order valence-corrected chi connectivity index (χ2v) is 4.48. The average Bonchev–Trinajstić information content (AvgIpc) is 2.01. The highest BCUT2D eigenvalue weighted by molar-refractivity contribution is 6.18. The molecule has 0 aromatic rings. The van der Waals surface area contributed by atoms with Gasteiger partial charge in [-0.2, -0.15) is 0 Å². The third-order valence-corrected chi connectivity index (χ3v) is 2.23. The van der Waals surface area contributed by atoms with Crippen molar-refractivity contribution in [1.82, 2.24) is 5.32 Å². The second kappa shape index (κ2) is 7.40. The molecule has 0 aliphatic carbocycles. The van der Waals surface area contributed by atoms with E-state index in [2.05, 4.69) is 39.1 Å². The molecule has 1 atom stereocenters. The topological polar surface area (TPSA) is 12.0 Å². The quantitative estimate of drug-likeness (QED) is 0.517. The first kappa shape index (κ1) is 13.0. The largest absolute Gasteiger partial charge is 0.309 e. The summed E-state index contributed by atoms with van der Waals surface area (Å²) < 4.78 is 0. The Morgan fingerprint density at radius 1 is 1.38 bits per heavy atom. The molecule has 1 unspecified atom stereocenters. The Balaban J connectivity index is 3.66. The molecule has 2 heteroatoms. The van der Waals surface area contributed by atoms with Crippen LogP contribution in [0, 0.1) is 5.92 Å². The van der Waals surface area contributed by atoms with Gasteiger partial charge in [-0.3, -0.25) is 0 Å². The molecule has 1 nitrogen and oxygen atoms in total. The first-order valence-electron chi connectivity index (χ1n) is 4.99. The lowest BCUT2D eigenvalue weighted by Crippen LogP contribution is -2.32. The van der Waals surface area contributed by atoms with Gasteiger partial charge in [0, 0.05) is 18.5 Å². The Hall–Kier alpha value is -0.0100. The highest BCUT2D eigenvalue weighted by atomic mass is 35.5. The zero-order valence-corrected chi connectivity index (χ0v) is 9.99. The summed E-state index contributed by atoms with van der Waals surface area (Å²) in [7, 11) is 0. The van der Waals surface area contributed by atoms with Crippen LogP contribution < -0.4 is 5.32 Å². The van der Waals surface area contributed by atoms with Crippen LogP contribution in [0.15, 0.2) is 11.6 Å². The third-order valence-electron chi connectivity index (χ3n) is 1.86. The molecule has 0 heterocycles. The van der Waals surface area contributed by atoms with Gasteiger partial charge in [0.2, 0.25) is 0 Å². The van der Waals surface area contributed by atoms with Crippen molar-refractivity contribution in [1.29, 1.82) is 0 Å². The van der Waals surface area contributed by atoms with Gasteiger partial charge >= 0.3 is 0 Å². The standard InChI is InChI=1S/C11H22ClN/c1-9(2)5-6-13-11(8-12)7-10(3)4/h5,10-11,13H,6-8H2,1-4H3. The van der Waals surface area contributed by atoms with Gasteiger partial charge in [0.1, 0.15) is 0 Å². The first-order chi connectivity index (χ1) is 6.06. The maximum absolute atomic E-state index is 5.84. The molecule has 0 rings (SSSR count). The number of hydrogen-bond donors (Lipinski definition) is 1. The van der Waals surface area contributed by atoms with Gasteiger partial charge in [-0.1, -0.05) is 25.5 Å². The Labute approximate surface area is 87.6 Å². The van der Waals surface area contributed by atoms with Gasteiger partial charge in [-0.15, -0.1) is 11.6 Å². The van der Waals surface area contributed by atoms with Crippen LogP contribution in [0.3, 0.4) is 0 Å². The average molecular weight is 204 g/mol. The van der Waals surface area contributed by atoms with E-state index in [1.165, 1.54) is 5.57 Å². The lowest BCUT2D eigenvalue weighted by atomic mass is 10.1. The lowest BCUT2D eigenvalue weighted by molar-refractivity contribution is 0.460. The van der Waals surface area contributed by atoms with Crippen molar-refractivity contribution in [3.8, 4) is 0 Å². The molecule has 78 valence electrons. The summed E-state index contributed by atoms with van der Waals surface area (Å²) in [5.74, 6) is 1.41. The molecule has 0 aromatic carbocycles. The number of nitrogens with one attached hydrogen (secondary N) is 1. The minimum Gasteiger partial charge on any atom is -0.309 e. The molecule has 0 amide bonds. The first-order valence-corrected chi connectivity index (χ1v) is 5.52. The fourth-order valence-electron chi connectivity index (χ4n) is 1.20. The Bertz CT molecular complexity index is 148. The van der Waals surface area contributed by atoms with Crippen LogP contribution in [0.4, 0.5) is 0 Å². The molecule has 13 heavy (non-hydrogen) atoms. The molecular weight excluding hydrogens is 182 g/mol. The second-order valence-electron chi connectivity index (χ2n) is 4.17. The Kier molecular flexibility index (Phi) is 7.39. The maximum Gasteiger partial charge on any atom is 0.0377 e. The maximum atomic E-state index is 5.84. The van der Waals surface area contributed by atoms with E-state index in [0.717, 1.165) is 13.0 Å². The van der Waals surface area contributed by atoms with Gasteiger partial charge < -0.3 is 5.32 Å². The third kappa shape index (κ3) is 8.32. The summed E-state index contributed by atoms with van der Waals surface area (Å²) in [6, 6.07) is 0.456. The minimum absolute atomic E-state index is 0.456. The predicted octanol–water partition coefficient (Wildman–Crippen LogP) is 3.20. The van der Waals surface area contributed by atoms with Gasteiger partial charge in [-0.05, 0) is 26.2 Å². The number of rotatable bonds is 6. The van der Waals surface area contributed by atoms with E-state index < -0.39 is 0 Å². The molecule has 0 fully saturated rings. The smallest absolute Gasteiger partial charge is 0.0377 e. The predicted molar refractivity (Wildman–Crippen MR) is 61.4 cm³/mol. The number of halogens is 1. The summed E-state index contributed by atoms with van der Waals surface area (Å²) in [6.07, 6.45) is 3.35. The summed E-state index contributed by atoms with van der Waals surface area (Å²) in [5, 5.41) is 3.42. The summed E-state index contributed by atoms with van der Waals surface area (Å²) in [5.41, 5.74) is 1.35. The van der Waals surface area contributed by atoms with Crippen molar-refractivity contribution in [3.05, 3.63) is 11.6 Å². The minimum atomic E-state index is 0.456. The van der Waals surface area contributed by atoms with E-state index in [1.807, 2.05) is 0 Å². The molecule has 0 radical (unpaired) electrons. The molecular formula is C11H22ClN. The monoisotopic (exact) mass is 203 g/mol. The Morgan fingerprint density at radius 2 is 2.00 bits per heavy atom. The van der Waals surface area contributed by atoms with E-state index in [9.17, 15) is 0 Å². The van der Waals surface area contributed by atoms with E-state index in [-0.39, 0.29) is 0 Å². The van der Waals surface area contributed by atoms with Crippen molar-refractivity contribution in [2.75, 3.05) is 12.4 Å². The fourth-order valence-corrected chi connectivity index (χ4v) is 1.43. The Morgan fingerprint density at radius 3 is 2.38 bits per heavy atom. The van der Waals surface area contributed by atoms with Gasteiger partial charge in [0.25, 0.3) is 0 Å². The molecule has 0 bridgehead atoms. The van der Waals surface area contributed by atoms with E-state index in [0.29, 0.717) is 17.8 Å². The molecule has 0 saturated carbocycles. The summed E-state index contributed by atoms with van der Waals surface area (Å²) in [6.45, 7) is 9.61. The van der Waals surface area contributed by atoms with Crippen LogP contribution in [-0.2, 0) is 0 Å². The van der Waals surface area contributed by atoms with E-state index in [4.69, 9.17) is 11.6 Å². The van der Waals surface area contributed by atoms with Gasteiger partial charge in [0.05, 0.1) is 0 Å². The van der Waals surface area contributed by atoms with Crippen molar-refractivity contribution in [3.63, 3.8) is 0 Å². The van der Waals surface area contributed by atoms with Crippen LogP contribution in [0.1, 0.15) is 34.1 Å². The van der Waals surface area contributed by atoms with Crippen LogP contribution in [0.2, 0.25) is 0 Å². The van der Waals surface area contributed by atoms with Gasteiger partial charge in [-0.25, -0.2) is 0 Å². The van der Waals surface area contributed by atoms with Crippen LogP contribution in [-0.4, -0.2) is 18.5 Å². The molecule has 0 aromatic heterocycles. The SMILES string of the molecule is CC(C)=CCNC(CCl)CC(C)C. The van der Waals surface area contributed by atoms with Crippen molar-refractivity contribution < 1.29 is 0 Å². The molecule has 1 N–H and O–H groups in total. The number of alkyl halides is 1. The van der Waals surface area contributed by atoms with E-state index >= 15 is 0 Å². The highest BCUT2D eigenvalue weighted by Gasteiger charge is 2.07. The van der Waals surface area contributed by atoms with Crippen LogP contribution >= 0.6 is 11.6 Å². The normalized spacial score (nSPS) is 13.1. The number of allylic oxidation sites excluding steroid dienone is 1. The van der Waals surface area contributed by atoms with Gasteiger partial charge in [0.15, 0.2) is 0 Å². The molecule has 0 aliphatic heterocycles. The van der Waals surface area contributed by atoms with Crippen LogP contribution in [0.25, 0.3) is 0 Å². The molecule has 0 spiro atoms. The highest BCUT2D eigenvalue weighted by Crippen LogP contribution is 2.05. The number of hydrogen-bond acceptors (Lipinski definition) is 1. The van der Waals surface area contributed by atoms with Crippen molar-refractivity contribution in [2.24, 2.45) is 5.92 Å². The fraction of sp³-hybridized carbons (Fsp3) is 0.818. The van der Waals surface area contributed by atoms with Crippen LogP contribution in [0.5, 0.6) is 0 Å². The summed E-state index contributed by atoms with van der Waals surface area (Å²) in [4.78, 5) is 0. The van der Waals surface area contributed by atoms with Crippen molar-refractivity contribution >= 4 is 11.6 Å². The van der Waals surface area contributed by atoms with Crippen molar-refractivity contribution in [2.45, 2.75) is 40.2 Å². The zero-order chi connectivity index (χ0) is 10.3. The lowest BCUT2D eigenvalue weighted by Gasteiger charge is -2.16. The van der Waals surface area contributed by atoms with E-state index in [1.54, 1.807) is 0 Å². The zero-order valence-electron chi connectivity index (χ0n) is 9.23. The summed E-state index contributed by atoms with van der Waals surface area (Å²) >= 11 is 5.84.